The first kappa shape index (κ1) is 13.9. The monoisotopic (exact) mass is 314 g/mol. The van der Waals surface area contributed by atoms with Gasteiger partial charge in [-0.2, -0.15) is 0 Å². The summed E-state index contributed by atoms with van der Waals surface area (Å²) in [4.78, 5) is 12.1. The number of rotatable bonds is 2. The highest BCUT2D eigenvalue weighted by Crippen LogP contribution is 2.47. The summed E-state index contributed by atoms with van der Waals surface area (Å²) in [7, 11) is 0. The molecule has 114 valence electrons. The average molecular weight is 314 g/mol. The van der Waals surface area contributed by atoms with Crippen LogP contribution in [0.25, 0.3) is 5.57 Å². The van der Waals surface area contributed by atoms with E-state index in [1.165, 1.54) is 11.8 Å². The minimum absolute atomic E-state index is 0.439. The zero-order chi connectivity index (χ0) is 15.5. The van der Waals surface area contributed by atoms with Crippen molar-refractivity contribution in [3.05, 3.63) is 17.6 Å². The standard InChI is InChI=1S/C15H18N6S/c1-8(9(2)16)10-11-12(22-13(10)17)14(20-7-19-11)21-5-15(6-21)3-18-4-15/h7,16-18H,3-6H2,1-2H3/b10-8-,16-9?,17-13?. The molecule has 6 nitrogen and oxygen atoms in total. The summed E-state index contributed by atoms with van der Waals surface area (Å²) in [6.45, 7) is 7.89. The number of anilines is 1. The Balaban J connectivity index is 1.72. The predicted molar refractivity (Wildman–Crippen MR) is 89.1 cm³/mol. The van der Waals surface area contributed by atoms with Crippen LogP contribution in [0.15, 0.2) is 16.8 Å². The van der Waals surface area contributed by atoms with Gasteiger partial charge in [0.2, 0.25) is 0 Å². The van der Waals surface area contributed by atoms with Crippen molar-refractivity contribution >= 4 is 33.9 Å². The second kappa shape index (κ2) is 4.63. The summed E-state index contributed by atoms with van der Waals surface area (Å²) in [6.07, 6.45) is 1.59. The Morgan fingerprint density at radius 3 is 2.64 bits per heavy atom. The van der Waals surface area contributed by atoms with Gasteiger partial charge in [-0.25, -0.2) is 9.97 Å². The Bertz CT molecular complexity index is 726. The summed E-state index contributed by atoms with van der Waals surface area (Å²) in [5.41, 5.74) is 3.35. The topological polar surface area (TPSA) is 88.8 Å². The van der Waals surface area contributed by atoms with Crippen molar-refractivity contribution in [2.45, 2.75) is 18.7 Å². The van der Waals surface area contributed by atoms with Crippen molar-refractivity contribution in [1.29, 1.82) is 10.8 Å². The molecule has 0 aromatic carbocycles. The van der Waals surface area contributed by atoms with Gasteiger partial charge in [0.15, 0.2) is 0 Å². The Kier molecular flexibility index (Phi) is 2.93. The molecule has 2 fully saturated rings. The molecule has 0 saturated carbocycles. The number of hydrogen-bond acceptors (Lipinski definition) is 7. The molecule has 3 aliphatic rings. The summed E-state index contributed by atoms with van der Waals surface area (Å²) >= 11 is 1.42. The summed E-state index contributed by atoms with van der Waals surface area (Å²) in [5.74, 6) is 0.947. The van der Waals surface area contributed by atoms with Gasteiger partial charge in [-0.15, -0.1) is 0 Å². The van der Waals surface area contributed by atoms with Gasteiger partial charge in [0.1, 0.15) is 17.2 Å². The normalized spacial score (nSPS) is 23.9. The van der Waals surface area contributed by atoms with E-state index in [9.17, 15) is 0 Å². The lowest BCUT2D eigenvalue weighted by molar-refractivity contribution is 0.120. The van der Waals surface area contributed by atoms with E-state index in [-0.39, 0.29) is 0 Å². The Morgan fingerprint density at radius 1 is 1.32 bits per heavy atom. The lowest BCUT2D eigenvalue weighted by Gasteiger charge is -2.56. The highest BCUT2D eigenvalue weighted by atomic mass is 32.2. The fraction of sp³-hybridized carbons (Fsp3) is 0.467. The maximum absolute atomic E-state index is 8.27. The Labute approximate surface area is 133 Å². The van der Waals surface area contributed by atoms with Gasteiger partial charge >= 0.3 is 0 Å². The fourth-order valence-corrected chi connectivity index (χ4v) is 4.35. The highest BCUT2D eigenvalue weighted by molar-refractivity contribution is 8.15. The van der Waals surface area contributed by atoms with E-state index in [0.717, 1.165) is 53.7 Å². The molecule has 3 aliphatic heterocycles. The van der Waals surface area contributed by atoms with Gasteiger partial charge in [0.25, 0.3) is 0 Å². The number of hydrogen-bond donors (Lipinski definition) is 3. The van der Waals surface area contributed by atoms with Crippen molar-refractivity contribution in [3.63, 3.8) is 0 Å². The van der Waals surface area contributed by atoms with E-state index in [0.29, 0.717) is 16.2 Å². The summed E-state index contributed by atoms with van der Waals surface area (Å²) in [5, 5.41) is 19.9. The summed E-state index contributed by atoms with van der Waals surface area (Å²) in [6, 6.07) is 0. The average Bonchev–Trinajstić information content (AvgIpc) is 2.71. The molecule has 4 heterocycles. The van der Waals surface area contributed by atoms with E-state index in [2.05, 4.69) is 20.2 Å². The van der Waals surface area contributed by atoms with Crippen LogP contribution in [-0.2, 0) is 0 Å². The lowest BCUT2D eigenvalue weighted by Crippen LogP contribution is -2.71. The van der Waals surface area contributed by atoms with Crippen molar-refractivity contribution in [3.8, 4) is 0 Å². The maximum Gasteiger partial charge on any atom is 0.146 e. The molecule has 3 N–H and O–H groups in total. The predicted octanol–water partition coefficient (Wildman–Crippen LogP) is 1.78. The third kappa shape index (κ3) is 1.85. The van der Waals surface area contributed by atoms with Crippen molar-refractivity contribution in [1.82, 2.24) is 15.3 Å². The van der Waals surface area contributed by atoms with Crippen LogP contribution >= 0.6 is 11.8 Å². The third-order valence-corrected chi connectivity index (χ3v) is 5.73. The number of nitrogens with zero attached hydrogens (tertiary/aromatic N) is 3. The molecule has 0 unspecified atom stereocenters. The molecular weight excluding hydrogens is 296 g/mol. The maximum atomic E-state index is 8.27. The molecule has 7 heteroatoms. The van der Waals surface area contributed by atoms with Crippen LogP contribution in [0, 0.1) is 16.2 Å². The SMILES string of the molecule is CC(=N)/C(C)=C1\C(=N)Sc2c1ncnc2N1CC2(CNC2)C1. The van der Waals surface area contributed by atoms with Crippen LogP contribution in [0.3, 0.4) is 0 Å². The van der Waals surface area contributed by atoms with Crippen molar-refractivity contribution in [2.24, 2.45) is 5.41 Å². The smallest absolute Gasteiger partial charge is 0.146 e. The number of fused-ring (bicyclic) bond motifs is 1. The highest BCUT2D eigenvalue weighted by Gasteiger charge is 2.49. The molecular formula is C15H18N6S. The molecule has 1 spiro atoms. The number of aromatic nitrogens is 2. The van der Waals surface area contributed by atoms with E-state index in [1.54, 1.807) is 13.3 Å². The quantitative estimate of drug-likeness (QED) is 0.724. The molecule has 1 aromatic rings. The minimum Gasteiger partial charge on any atom is -0.354 e. The van der Waals surface area contributed by atoms with Crippen LogP contribution in [0.4, 0.5) is 5.82 Å². The van der Waals surface area contributed by atoms with E-state index in [1.807, 2.05) is 6.92 Å². The number of nitrogens with one attached hydrogen (secondary N) is 3. The van der Waals surface area contributed by atoms with Crippen LogP contribution in [-0.4, -0.2) is 46.9 Å². The van der Waals surface area contributed by atoms with Crippen LogP contribution in [0.1, 0.15) is 19.5 Å². The summed E-state index contributed by atoms with van der Waals surface area (Å²) < 4.78 is 0. The van der Waals surface area contributed by atoms with E-state index < -0.39 is 0 Å². The molecule has 0 amide bonds. The van der Waals surface area contributed by atoms with Crippen molar-refractivity contribution in [2.75, 3.05) is 31.1 Å². The zero-order valence-electron chi connectivity index (χ0n) is 12.7. The number of thioether (sulfide) groups is 1. The number of allylic oxidation sites excluding steroid dienone is 1. The molecule has 0 aliphatic carbocycles. The van der Waals surface area contributed by atoms with Gasteiger partial charge in [-0.05, 0) is 19.4 Å². The molecule has 2 saturated heterocycles. The lowest BCUT2D eigenvalue weighted by atomic mass is 9.74. The first-order valence-electron chi connectivity index (χ1n) is 7.35. The van der Waals surface area contributed by atoms with Crippen molar-refractivity contribution < 1.29 is 0 Å². The van der Waals surface area contributed by atoms with Gasteiger partial charge in [0.05, 0.1) is 10.6 Å². The Morgan fingerprint density at radius 2 is 2.05 bits per heavy atom. The molecule has 0 bridgehead atoms. The van der Waals surface area contributed by atoms with Gasteiger partial charge in [0, 0.05) is 42.9 Å². The first-order chi connectivity index (χ1) is 10.5. The second-order valence-electron chi connectivity index (χ2n) is 6.39. The second-order valence-corrected chi connectivity index (χ2v) is 7.41. The van der Waals surface area contributed by atoms with Gasteiger partial charge in [-0.1, -0.05) is 11.8 Å². The first-order valence-corrected chi connectivity index (χ1v) is 8.17. The molecule has 4 rings (SSSR count). The Hall–Kier alpha value is -1.73. The van der Waals surface area contributed by atoms with Crippen LogP contribution in [0.2, 0.25) is 0 Å². The van der Waals surface area contributed by atoms with Crippen LogP contribution < -0.4 is 10.2 Å². The molecule has 1 aromatic heterocycles. The largest absolute Gasteiger partial charge is 0.354 e. The molecule has 0 atom stereocenters. The van der Waals surface area contributed by atoms with Gasteiger partial charge < -0.3 is 15.6 Å². The fourth-order valence-electron chi connectivity index (χ4n) is 3.27. The minimum atomic E-state index is 0.439. The molecule has 0 radical (unpaired) electrons. The zero-order valence-corrected chi connectivity index (χ0v) is 13.5. The van der Waals surface area contributed by atoms with Crippen LogP contribution in [0.5, 0.6) is 0 Å². The molecule has 22 heavy (non-hydrogen) atoms. The van der Waals surface area contributed by atoms with E-state index >= 15 is 0 Å². The van der Waals surface area contributed by atoms with E-state index in [4.69, 9.17) is 10.8 Å². The van der Waals surface area contributed by atoms with Gasteiger partial charge in [-0.3, -0.25) is 5.41 Å². The third-order valence-electron chi connectivity index (χ3n) is 4.74.